The predicted molar refractivity (Wildman–Crippen MR) is 86.0 cm³/mol. The van der Waals surface area contributed by atoms with Gasteiger partial charge in [-0.05, 0) is 53.3 Å². The number of rotatable bonds is 5. The normalized spacial score (nSPS) is 10.2. The summed E-state index contributed by atoms with van der Waals surface area (Å²) in [5, 5.41) is 4.70. The monoisotopic (exact) mass is 387 g/mol. The Balaban J connectivity index is 1.74. The van der Waals surface area contributed by atoms with Crippen molar-refractivity contribution < 1.29 is 9.53 Å². The molecule has 1 N–H and O–H groups in total. The van der Waals surface area contributed by atoms with Gasteiger partial charge >= 0.3 is 0 Å². The summed E-state index contributed by atoms with van der Waals surface area (Å²) in [6.07, 6.45) is 0. The van der Waals surface area contributed by atoms with Gasteiger partial charge in [-0.3, -0.25) is 4.79 Å². The highest BCUT2D eigenvalue weighted by Crippen LogP contribution is 2.16. The molecular weight excluding hydrogens is 373 g/mol. The van der Waals surface area contributed by atoms with Crippen molar-refractivity contribution in [1.29, 1.82) is 0 Å². The van der Waals surface area contributed by atoms with E-state index in [1.807, 2.05) is 42.6 Å². The third kappa shape index (κ3) is 4.50. The summed E-state index contributed by atoms with van der Waals surface area (Å²) in [5.74, 6) is 0.784. The molecule has 3 nitrogen and oxygen atoms in total. The fourth-order valence-electron chi connectivity index (χ4n) is 1.57. The van der Waals surface area contributed by atoms with Gasteiger partial charge in [0.15, 0.2) is 0 Å². The lowest BCUT2D eigenvalue weighted by Crippen LogP contribution is -2.27. The summed E-state index contributed by atoms with van der Waals surface area (Å²) >= 11 is 3.77. The molecule has 5 heteroatoms. The fourth-order valence-corrected chi connectivity index (χ4v) is 2.90. The maximum Gasteiger partial charge on any atom is 0.252 e. The molecule has 1 aromatic carbocycles. The molecule has 1 amide bonds. The highest BCUT2D eigenvalue weighted by Gasteiger charge is 2.06. The SMILES string of the molecule is Cc1cccc(OCCNC(=O)c2csc(I)c2)c1. The number of carbonyl (C=O) groups excluding carboxylic acids is 1. The number of thiophene rings is 1. The zero-order chi connectivity index (χ0) is 13.7. The van der Waals surface area contributed by atoms with Gasteiger partial charge in [0.05, 0.1) is 15.0 Å². The first-order chi connectivity index (χ1) is 9.15. The second kappa shape index (κ2) is 6.91. The van der Waals surface area contributed by atoms with Gasteiger partial charge in [0.25, 0.3) is 5.91 Å². The van der Waals surface area contributed by atoms with Crippen molar-refractivity contribution in [1.82, 2.24) is 5.32 Å². The van der Waals surface area contributed by atoms with Gasteiger partial charge in [-0.2, -0.15) is 0 Å². The molecule has 1 heterocycles. The van der Waals surface area contributed by atoms with Crippen molar-refractivity contribution >= 4 is 39.8 Å². The van der Waals surface area contributed by atoms with Crippen molar-refractivity contribution in [3.05, 3.63) is 49.7 Å². The maximum absolute atomic E-state index is 11.8. The Kier molecular flexibility index (Phi) is 5.21. The smallest absolute Gasteiger partial charge is 0.252 e. The largest absolute Gasteiger partial charge is 0.492 e. The van der Waals surface area contributed by atoms with Crippen molar-refractivity contribution in [2.24, 2.45) is 0 Å². The quantitative estimate of drug-likeness (QED) is 0.631. The highest BCUT2D eigenvalue weighted by molar-refractivity contribution is 14.1. The summed E-state index contributed by atoms with van der Waals surface area (Å²) in [5.41, 5.74) is 1.87. The van der Waals surface area contributed by atoms with Gasteiger partial charge in [0.1, 0.15) is 12.4 Å². The Morgan fingerprint density at radius 1 is 1.42 bits per heavy atom. The van der Waals surface area contributed by atoms with E-state index in [9.17, 15) is 4.79 Å². The molecule has 0 atom stereocenters. The minimum absolute atomic E-state index is 0.0491. The van der Waals surface area contributed by atoms with Crippen LogP contribution < -0.4 is 10.1 Å². The molecular formula is C14H14INO2S. The third-order valence-corrected chi connectivity index (χ3v) is 4.26. The Labute approximate surface area is 130 Å². The minimum atomic E-state index is -0.0491. The van der Waals surface area contributed by atoms with Crippen LogP contribution in [0.3, 0.4) is 0 Å². The Morgan fingerprint density at radius 2 is 2.26 bits per heavy atom. The van der Waals surface area contributed by atoms with Crippen LogP contribution in [0.2, 0.25) is 0 Å². The van der Waals surface area contributed by atoms with E-state index >= 15 is 0 Å². The molecule has 0 saturated carbocycles. The standard InChI is InChI=1S/C14H14INO2S/c1-10-3-2-4-12(7-10)18-6-5-16-14(17)11-8-13(15)19-9-11/h2-4,7-9H,5-6H2,1H3,(H,16,17). The van der Waals surface area contributed by atoms with E-state index in [1.165, 1.54) is 0 Å². The molecule has 0 aliphatic carbocycles. The maximum atomic E-state index is 11.8. The summed E-state index contributed by atoms with van der Waals surface area (Å²) in [6.45, 7) is 2.99. The number of hydrogen-bond donors (Lipinski definition) is 1. The summed E-state index contributed by atoms with van der Waals surface area (Å²) < 4.78 is 6.67. The number of aryl methyl sites for hydroxylation is 1. The molecule has 0 spiro atoms. The molecule has 0 aliphatic rings. The molecule has 0 fully saturated rings. The number of carbonyl (C=O) groups is 1. The first kappa shape index (κ1) is 14.3. The molecule has 2 rings (SSSR count). The molecule has 1 aromatic heterocycles. The molecule has 0 saturated heterocycles. The number of benzene rings is 1. The van der Waals surface area contributed by atoms with E-state index in [4.69, 9.17) is 4.74 Å². The van der Waals surface area contributed by atoms with Gasteiger partial charge in [-0.1, -0.05) is 12.1 Å². The average molecular weight is 387 g/mol. The van der Waals surface area contributed by atoms with E-state index in [0.717, 1.165) is 14.2 Å². The lowest BCUT2D eigenvalue weighted by molar-refractivity contribution is 0.0947. The number of ether oxygens (including phenoxy) is 1. The number of nitrogens with one attached hydrogen (secondary N) is 1. The van der Waals surface area contributed by atoms with Crippen molar-refractivity contribution in [3.63, 3.8) is 0 Å². The van der Waals surface area contributed by atoms with Gasteiger partial charge in [0, 0.05) is 5.38 Å². The molecule has 100 valence electrons. The topological polar surface area (TPSA) is 38.3 Å². The van der Waals surface area contributed by atoms with Crippen molar-refractivity contribution in [2.75, 3.05) is 13.2 Å². The first-order valence-electron chi connectivity index (χ1n) is 5.87. The van der Waals surface area contributed by atoms with E-state index in [1.54, 1.807) is 11.3 Å². The first-order valence-corrected chi connectivity index (χ1v) is 7.83. The lowest BCUT2D eigenvalue weighted by Gasteiger charge is -2.07. The molecule has 0 bridgehead atoms. The molecule has 0 unspecified atom stereocenters. The lowest BCUT2D eigenvalue weighted by atomic mass is 10.2. The Morgan fingerprint density at radius 3 is 2.95 bits per heavy atom. The minimum Gasteiger partial charge on any atom is -0.492 e. The van der Waals surface area contributed by atoms with E-state index in [-0.39, 0.29) is 5.91 Å². The van der Waals surface area contributed by atoms with Crippen LogP contribution in [0.25, 0.3) is 0 Å². The third-order valence-electron chi connectivity index (χ3n) is 2.48. The summed E-state index contributed by atoms with van der Waals surface area (Å²) in [4.78, 5) is 11.8. The summed E-state index contributed by atoms with van der Waals surface area (Å²) in [7, 11) is 0. The van der Waals surface area contributed by atoms with Gasteiger partial charge < -0.3 is 10.1 Å². The van der Waals surface area contributed by atoms with Crippen molar-refractivity contribution in [3.8, 4) is 5.75 Å². The predicted octanol–water partition coefficient (Wildman–Crippen LogP) is 3.47. The Hall–Kier alpha value is -1.08. The Bertz CT molecular complexity index is 568. The van der Waals surface area contributed by atoms with E-state index in [0.29, 0.717) is 18.7 Å². The summed E-state index contributed by atoms with van der Waals surface area (Å²) in [6, 6.07) is 9.74. The highest BCUT2D eigenvalue weighted by atomic mass is 127. The second-order valence-corrected chi connectivity index (χ2v) is 6.87. The van der Waals surface area contributed by atoms with E-state index in [2.05, 4.69) is 27.9 Å². The molecule has 19 heavy (non-hydrogen) atoms. The van der Waals surface area contributed by atoms with Crippen LogP contribution in [-0.4, -0.2) is 19.1 Å². The zero-order valence-corrected chi connectivity index (χ0v) is 13.5. The number of amides is 1. The fraction of sp³-hybridized carbons (Fsp3) is 0.214. The second-order valence-electron chi connectivity index (χ2n) is 4.06. The van der Waals surface area contributed by atoms with Gasteiger partial charge in [-0.25, -0.2) is 0 Å². The zero-order valence-electron chi connectivity index (χ0n) is 10.5. The van der Waals surface area contributed by atoms with Crippen LogP contribution in [0.15, 0.2) is 35.7 Å². The number of hydrogen-bond acceptors (Lipinski definition) is 3. The molecule has 0 radical (unpaired) electrons. The average Bonchev–Trinajstić information content (AvgIpc) is 2.81. The van der Waals surface area contributed by atoms with Crippen LogP contribution >= 0.6 is 33.9 Å². The van der Waals surface area contributed by atoms with Crippen molar-refractivity contribution in [2.45, 2.75) is 6.92 Å². The van der Waals surface area contributed by atoms with E-state index < -0.39 is 0 Å². The van der Waals surface area contributed by atoms with Crippen LogP contribution in [0.4, 0.5) is 0 Å². The van der Waals surface area contributed by atoms with Crippen LogP contribution in [-0.2, 0) is 0 Å². The van der Waals surface area contributed by atoms with Crippen LogP contribution in [0.1, 0.15) is 15.9 Å². The van der Waals surface area contributed by atoms with Crippen LogP contribution in [0.5, 0.6) is 5.75 Å². The number of halogens is 1. The molecule has 2 aromatic rings. The van der Waals surface area contributed by atoms with Gasteiger partial charge in [-0.15, -0.1) is 11.3 Å². The molecule has 0 aliphatic heterocycles. The van der Waals surface area contributed by atoms with Crippen LogP contribution in [0, 0.1) is 9.81 Å². The van der Waals surface area contributed by atoms with Gasteiger partial charge in [0.2, 0.25) is 0 Å².